The van der Waals surface area contributed by atoms with Crippen molar-refractivity contribution in [3.63, 3.8) is 0 Å². The van der Waals surface area contributed by atoms with Gasteiger partial charge in [0.25, 0.3) is 0 Å². The van der Waals surface area contributed by atoms with Crippen molar-refractivity contribution in [2.24, 2.45) is 0 Å². The predicted molar refractivity (Wildman–Crippen MR) is 159 cm³/mol. The van der Waals surface area contributed by atoms with E-state index in [0.717, 1.165) is 11.1 Å². The molecule has 0 saturated carbocycles. The fourth-order valence-electron chi connectivity index (χ4n) is 6.70. The molecule has 0 fully saturated rings. The van der Waals surface area contributed by atoms with E-state index in [1.807, 2.05) is 12.4 Å². The SMILES string of the molecule is c1cc2c3c(cccc3c1)-c1cc(-c3cncc(-c4ccc5c(c4)-c4cccc6cccc-5c46)c3)ccc1-2. The highest BCUT2D eigenvalue weighted by Crippen LogP contribution is 2.49. The van der Waals surface area contributed by atoms with Gasteiger partial charge in [-0.25, -0.2) is 0 Å². The summed E-state index contributed by atoms with van der Waals surface area (Å²) >= 11 is 0. The van der Waals surface area contributed by atoms with E-state index in [-0.39, 0.29) is 0 Å². The fourth-order valence-corrected chi connectivity index (χ4v) is 6.70. The minimum Gasteiger partial charge on any atom is -0.263 e. The van der Waals surface area contributed by atoms with Crippen molar-refractivity contribution in [2.75, 3.05) is 0 Å². The molecule has 0 aliphatic heterocycles. The zero-order chi connectivity index (χ0) is 24.8. The van der Waals surface area contributed by atoms with E-state index in [0.29, 0.717) is 0 Å². The minimum absolute atomic E-state index is 1.14. The maximum atomic E-state index is 4.68. The van der Waals surface area contributed by atoms with E-state index in [2.05, 4.69) is 120 Å². The van der Waals surface area contributed by atoms with Crippen molar-refractivity contribution >= 4 is 21.5 Å². The Kier molecular flexibility index (Phi) is 3.85. The van der Waals surface area contributed by atoms with E-state index in [4.69, 9.17) is 0 Å². The quantitative estimate of drug-likeness (QED) is 0.240. The molecule has 1 heterocycles. The first-order valence-electron chi connectivity index (χ1n) is 13.1. The van der Waals surface area contributed by atoms with Crippen LogP contribution in [0, 0.1) is 0 Å². The van der Waals surface area contributed by atoms with Crippen LogP contribution < -0.4 is 0 Å². The molecule has 0 radical (unpaired) electrons. The van der Waals surface area contributed by atoms with E-state index in [1.165, 1.54) is 77.2 Å². The van der Waals surface area contributed by atoms with Crippen LogP contribution in [0.4, 0.5) is 0 Å². The Bertz CT molecular complexity index is 1970. The molecular weight excluding hydrogens is 458 g/mol. The maximum Gasteiger partial charge on any atom is 0.0346 e. The topological polar surface area (TPSA) is 12.9 Å². The third kappa shape index (κ3) is 2.63. The molecule has 0 atom stereocenters. The van der Waals surface area contributed by atoms with E-state index in [1.54, 1.807) is 0 Å². The second kappa shape index (κ2) is 7.27. The van der Waals surface area contributed by atoms with Crippen molar-refractivity contribution in [3.8, 4) is 66.8 Å². The molecule has 38 heavy (non-hydrogen) atoms. The highest BCUT2D eigenvalue weighted by molar-refractivity contribution is 6.16. The van der Waals surface area contributed by atoms with Gasteiger partial charge >= 0.3 is 0 Å². The highest BCUT2D eigenvalue weighted by Gasteiger charge is 2.23. The Hall–Kier alpha value is -5.01. The number of aromatic nitrogens is 1. The van der Waals surface area contributed by atoms with Crippen LogP contribution in [0.5, 0.6) is 0 Å². The average Bonchev–Trinajstić information content (AvgIpc) is 3.48. The van der Waals surface area contributed by atoms with Crippen molar-refractivity contribution in [3.05, 3.63) is 128 Å². The summed E-state index contributed by atoms with van der Waals surface area (Å²) in [5, 5.41) is 5.33. The molecular formula is C37H21N. The monoisotopic (exact) mass is 479 g/mol. The fraction of sp³-hybridized carbons (Fsp3) is 0. The van der Waals surface area contributed by atoms with Gasteiger partial charge in [0.15, 0.2) is 0 Å². The minimum atomic E-state index is 1.14. The standard InChI is InChI=1S/C37H21N/c1-5-22-7-3-11-32-34-18-24(13-15-28(34)30(9-1)36(22)32)26-17-27(21-38-20-26)25-14-16-29-31-10-2-6-23-8-4-12-33(37(23)31)35(29)19-25/h1-21H. The van der Waals surface area contributed by atoms with Crippen LogP contribution in [0.3, 0.4) is 0 Å². The summed E-state index contributed by atoms with van der Waals surface area (Å²) in [6.45, 7) is 0. The molecule has 174 valence electrons. The van der Waals surface area contributed by atoms with Crippen LogP contribution in [-0.2, 0) is 0 Å². The Labute approximate surface area is 220 Å². The molecule has 9 rings (SSSR count). The summed E-state index contributed by atoms with van der Waals surface area (Å²) in [5.41, 5.74) is 15.2. The van der Waals surface area contributed by atoms with Gasteiger partial charge in [-0.15, -0.1) is 0 Å². The van der Waals surface area contributed by atoms with E-state index in [9.17, 15) is 0 Å². The summed E-state index contributed by atoms with van der Waals surface area (Å²) in [4.78, 5) is 4.68. The molecule has 2 aliphatic carbocycles. The number of benzene rings is 6. The van der Waals surface area contributed by atoms with Gasteiger partial charge in [-0.3, -0.25) is 4.98 Å². The van der Waals surface area contributed by atoms with Crippen molar-refractivity contribution < 1.29 is 0 Å². The molecule has 6 aromatic carbocycles. The molecule has 1 aromatic heterocycles. The predicted octanol–water partition coefficient (Wildman–Crippen LogP) is 10.0. The number of hydrogen-bond donors (Lipinski definition) is 0. The zero-order valence-electron chi connectivity index (χ0n) is 20.6. The van der Waals surface area contributed by atoms with E-state index < -0.39 is 0 Å². The zero-order valence-corrected chi connectivity index (χ0v) is 20.6. The van der Waals surface area contributed by atoms with Gasteiger partial charge in [-0.2, -0.15) is 0 Å². The summed E-state index contributed by atoms with van der Waals surface area (Å²) in [6.07, 6.45) is 3.97. The van der Waals surface area contributed by atoms with Gasteiger partial charge < -0.3 is 0 Å². The van der Waals surface area contributed by atoms with Crippen molar-refractivity contribution in [1.29, 1.82) is 0 Å². The van der Waals surface area contributed by atoms with E-state index >= 15 is 0 Å². The van der Waals surface area contributed by atoms with Crippen LogP contribution >= 0.6 is 0 Å². The van der Waals surface area contributed by atoms with Gasteiger partial charge in [-0.05, 0) is 95.4 Å². The number of hydrogen-bond acceptors (Lipinski definition) is 1. The smallest absolute Gasteiger partial charge is 0.0346 e. The van der Waals surface area contributed by atoms with Gasteiger partial charge in [-0.1, -0.05) is 97.1 Å². The molecule has 7 aromatic rings. The number of fused-ring (bicyclic) bond motifs is 6. The van der Waals surface area contributed by atoms with Gasteiger partial charge in [0, 0.05) is 23.5 Å². The largest absolute Gasteiger partial charge is 0.263 e. The van der Waals surface area contributed by atoms with Crippen LogP contribution in [0.1, 0.15) is 0 Å². The molecule has 0 unspecified atom stereocenters. The molecule has 2 aliphatic rings. The molecule has 1 nitrogen and oxygen atoms in total. The Morgan fingerprint density at radius 1 is 0.316 bits per heavy atom. The lowest BCUT2D eigenvalue weighted by atomic mass is 9.95. The van der Waals surface area contributed by atoms with Crippen molar-refractivity contribution in [2.45, 2.75) is 0 Å². The molecule has 0 saturated heterocycles. The van der Waals surface area contributed by atoms with Crippen LogP contribution in [0.2, 0.25) is 0 Å². The Morgan fingerprint density at radius 3 is 1.18 bits per heavy atom. The lowest BCUT2D eigenvalue weighted by molar-refractivity contribution is 1.33. The van der Waals surface area contributed by atoms with Crippen LogP contribution in [0.15, 0.2) is 128 Å². The first-order valence-corrected chi connectivity index (χ1v) is 13.1. The van der Waals surface area contributed by atoms with Crippen LogP contribution in [0.25, 0.3) is 88.3 Å². The van der Waals surface area contributed by atoms with Gasteiger partial charge in [0.1, 0.15) is 0 Å². The number of pyridine rings is 1. The lowest BCUT2D eigenvalue weighted by Gasteiger charge is -2.10. The first-order chi connectivity index (χ1) is 18.8. The second-order valence-corrected chi connectivity index (χ2v) is 10.4. The van der Waals surface area contributed by atoms with Crippen molar-refractivity contribution in [1.82, 2.24) is 4.98 Å². The first kappa shape index (κ1) is 20.1. The summed E-state index contributed by atoms with van der Waals surface area (Å²) < 4.78 is 0. The Balaban J connectivity index is 1.16. The third-order valence-corrected chi connectivity index (χ3v) is 8.41. The summed E-state index contributed by atoms with van der Waals surface area (Å²) in [6, 6.07) is 42.4. The van der Waals surface area contributed by atoms with Gasteiger partial charge in [0.2, 0.25) is 0 Å². The van der Waals surface area contributed by atoms with Gasteiger partial charge in [0.05, 0.1) is 0 Å². The Morgan fingerprint density at radius 2 is 0.737 bits per heavy atom. The third-order valence-electron chi connectivity index (χ3n) is 8.41. The van der Waals surface area contributed by atoms with Crippen LogP contribution in [-0.4, -0.2) is 4.98 Å². The molecule has 0 amide bonds. The average molecular weight is 480 g/mol. The lowest BCUT2D eigenvalue weighted by Crippen LogP contribution is -1.87. The molecule has 0 bridgehead atoms. The number of rotatable bonds is 2. The second-order valence-electron chi connectivity index (χ2n) is 10.4. The normalized spacial score (nSPS) is 12.2. The maximum absolute atomic E-state index is 4.68. The summed E-state index contributed by atoms with van der Waals surface area (Å²) in [7, 11) is 0. The molecule has 0 spiro atoms. The highest BCUT2D eigenvalue weighted by atomic mass is 14.6. The number of nitrogens with zero attached hydrogens (tertiary/aromatic N) is 1. The molecule has 0 N–H and O–H groups in total. The molecule has 1 heteroatoms. The summed E-state index contributed by atoms with van der Waals surface area (Å²) in [5.74, 6) is 0.